The van der Waals surface area contributed by atoms with E-state index in [1.54, 1.807) is 23.0 Å². The van der Waals surface area contributed by atoms with E-state index in [4.69, 9.17) is 22.4 Å². The summed E-state index contributed by atoms with van der Waals surface area (Å²) in [6.45, 7) is 2.01. The maximum absolute atomic E-state index is 11.3. The fraction of sp³-hybridized carbons (Fsp3) is 0.387. The average molecular weight is 665 g/mol. The third-order valence-corrected chi connectivity index (χ3v) is 7.38. The molecular formula is C31H37IO8. The summed E-state index contributed by atoms with van der Waals surface area (Å²) >= 11 is 1.64. The fourth-order valence-corrected chi connectivity index (χ4v) is 5.24. The second kappa shape index (κ2) is 16.2. The van der Waals surface area contributed by atoms with Crippen molar-refractivity contribution in [2.45, 2.75) is 50.0 Å². The summed E-state index contributed by atoms with van der Waals surface area (Å²) in [6, 6.07) is 29.8. The average Bonchev–Trinajstić information content (AvgIpc) is 2.99. The van der Waals surface area contributed by atoms with Crippen molar-refractivity contribution in [1.82, 2.24) is 0 Å². The lowest BCUT2D eigenvalue weighted by Gasteiger charge is -2.38. The molecule has 0 amide bonds. The van der Waals surface area contributed by atoms with E-state index in [-0.39, 0.29) is 26.1 Å². The van der Waals surface area contributed by atoms with Crippen LogP contribution in [-0.2, 0) is 27.7 Å². The van der Waals surface area contributed by atoms with Crippen LogP contribution in [0.3, 0.4) is 0 Å². The van der Waals surface area contributed by atoms with Gasteiger partial charge in [0.1, 0.15) is 40.8 Å². The van der Waals surface area contributed by atoms with Gasteiger partial charge >= 0.3 is 5.97 Å². The number of carboxylic acid groups (broad SMARTS) is 1. The molecule has 5 atom stereocenters. The van der Waals surface area contributed by atoms with Gasteiger partial charge in [0.2, 0.25) is 0 Å². The number of halogens is 1. The number of aliphatic hydroxyl groups excluding tert-OH is 2. The molecule has 0 aliphatic heterocycles. The zero-order valence-corrected chi connectivity index (χ0v) is 24.8. The first-order chi connectivity index (χ1) is 19.3. The quantitative estimate of drug-likeness (QED) is 0.0805. The number of aliphatic carboxylic acids is 1. The highest BCUT2D eigenvalue weighted by Gasteiger charge is 2.41. The first-order valence-corrected chi connectivity index (χ1v) is 14.0. The maximum Gasteiger partial charge on any atom is 0.303 e. The number of carbonyl (C=O) groups is 1. The summed E-state index contributed by atoms with van der Waals surface area (Å²) in [5.41, 5.74) is 1.85. The Morgan fingerprint density at radius 3 is 1.73 bits per heavy atom. The van der Waals surface area contributed by atoms with Crippen molar-refractivity contribution in [3.8, 4) is 0 Å². The van der Waals surface area contributed by atoms with Crippen molar-refractivity contribution in [3.05, 3.63) is 108 Å². The van der Waals surface area contributed by atoms with Crippen LogP contribution in [0.15, 0.2) is 91.0 Å². The van der Waals surface area contributed by atoms with Crippen LogP contribution in [0.2, 0.25) is 0 Å². The smallest absolute Gasteiger partial charge is 0.303 e. The lowest BCUT2D eigenvalue weighted by Crippen LogP contribution is -2.49. The molecule has 3 N–H and O–H groups in total. The van der Waals surface area contributed by atoms with E-state index in [1.165, 1.54) is 7.11 Å². The van der Waals surface area contributed by atoms with Crippen molar-refractivity contribution in [1.29, 1.82) is 0 Å². The highest BCUT2D eigenvalue weighted by Crippen LogP contribution is 2.41. The van der Waals surface area contributed by atoms with Gasteiger partial charge in [0.05, 0.1) is 19.3 Å². The molecule has 8 nitrogen and oxygen atoms in total. The van der Waals surface area contributed by atoms with Gasteiger partial charge in [-0.15, -0.1) is 0 Å². The fourth-order valence-electron chi connectivity index (χ4n) is 4.64. The third-order valence-electron chi connectivity index (χ3n) is 6.79. The highest BCUT2D eigenvalue weighted by molar-refractivity contribution is 14.1. The van der Waals surface area contributed by atoms with Gasteiger partial charge in [-0.05, 0) is 23.1 Å². The lowest BCUT2D eigenvalue weighted by molar-refractivity contribution is -0.211. The van der Waals surface area contributed by atoms with Crippen LogP contribution in [0.4, 0.5) is 0 Å². The molecule has 0 heterocycles. The van der Waals surface area contributed by atoms with Gasteiger partial charge in [-0.3, -0.25) is 4.79 Å². The standard InChI is InChI=1S/C31H37IO8/c1-22(27(35)29(40-32)28(36)30(37-2)38-20-12-19-26(33)34)21-39-31(23-13-6-3-7-14-23,24-15-8-4-9-16-24)25-17-10-5-11-18-25/h3-11,13-18,22,27-30,35-36H,12,19-21H2,1-2H3,(H,33,34). The Bertz CT molecular complexity index is 1040. The summed E-state index contributed by atoms with van der Waals surface area (Å²) in [6.07, 6.45) is -4.48. The highest BCUT2D eigenvalue weighted by atomic mass is 127. The predicted molar refractivity (Wildman–Crippen MR) is 159 cm³/mol. The zero-order chi connectivity index (χ0) is 29.0. The molecule has 0 fully saturated rings. The Kier molecular flexibility index (Phi) is 13.0. The number of methoxy groups -OCH3 is 1. The number of carboxylic acids is 1. The molecule has 0 spiro atoms. The van der Waals surface area contributed by atoms with Crippen LogP contribution in [0.5, 0.6) is 0 Å². The van der Waals surface area contributed by atoms with E-state index in [1.807, 2.05) is 97.9 Å². The molecule has 3 aromatic rings. The third kappa shape index (κ3) is 8.10. The van der Waals surface area contributed by atoms with E-state index < -0.39 is 42.1 Å². The molecule has 0 bridgehead atoms. The second-order valence-electron chi connectivity index (χ2n) is 9.57. The molecule has 0 saturated carbocycles. The van der Waals surface area contributed by atoms with Crippen LogP contribution in [0.25, 0.3) is 0 Å². The zero-order valence-electron chi connectivity index (χ0n) is 22.6. The van der Waals surface area contributed by atoms with Crippen molar-refractivity contribution >= 4 is 29.0 Å². The van der Waals surface area contributed by atoms with Crippen molar-refractivity contribution < 1.29 is 37.4 Å². The molecule has 3 rings (SSSR count). The first kappa shape index (κ1) is 32.1. The minimum Gasteiger partial charge on any atom is -0.481 e. The molecule has 216 valence electrons. The van der Waals surface area contributed by atoms with Crippen molar-refractivity contribution in [2.24, 2.45) is 5.92 Å². The van der Waals surface area contributed by atoms with Gasteiger partial charge < -0.3 is 32.6 Å². The molecule has 0 aliphatic rings. The summed E-state index contributed by atoms with van der Waals surface area (Å²) in [5.74, 6) is -1.41. The van der Waals surface area contributed by atoms with Crippen LogP contribution in [-0.4, -0.2) is 66.2 Å². The number of aliphatic hydroxyl groups is 2. The minimum absolute atomic E-state index is 0.0677. The number of ether oxygens (including phenoxy) is 3. The second-order valence-corrected chi connectivity index (χ2v) is 10.1. The largest absolute Gasteiger partial charge is 0.481 e. The van der Waals surface area contributed by atoms with Gasteiger partial charge in [0.25, 0.3) is 0 Å². The molecule has 40 heavy (non-hydrogen) atoms. The summed E-state index contributed by atoms with van der Waals surface area (Å²) < 4.78 is 23.1. The molecule has 3 aromatic carbocycles. The number of benzene rings is 3. The van der Waals surface area contributed by atoms with E-state index >= 15 is 0 Å². The Morgan fingerprint density at radius 2 is 1.32 bits per heavy atom. The molecular weight excluding hydrogens is 627 g/mol. The van der Waals surface area contributed by atoms with Crippen molar-refractivity contribution in [3.63, 3.8) is 0 Å². The molecule has 0 saturated heterocycles. The molecule has 9 heteroatoms. The van der Waals surface area contributed by atoms with Gasteiger partial charge in [0.15, 0.2) is 6.29 Å². The Labute approximate surface area is 249 Å². The monoisotopic (exact) mass is 664 g/mol. The number of hydrogen-bond donors (Lipinski definition) is 3. The van der Waals surface area contributed by atoms with Gasteiger partial charge in [-0.25, -0.2) is 0 Å². The summed E-state index contributed by atoms with van der Waals surface area (Å²) in [4.78, 5) is 10.8. The Balaban J connectivity index is 1.84. The normalized spacial score (nSPS) is 15.6. The van der Waals surface area contributed by atoms with Crippen molar-refractivity contribution in [2.75, 3.05) is 20.3 Å². The number of hydrogen-bond acceptors (Lipinski definition) is 7. The van der Waals surface area contributed by atoms with Crippen LogP contribution < -0.4 is 0 Å². The van der Waals surface area contributed by atoms with Crippen LogP contribution >= 0.6 is 23.0 Å². The molecule has 0 aliphatic carbocycles. The minimum atomic E-state index is -1.34. The molecule has 0 radical (unpaired) electrons. The lowest BCUT2D eigenvalue weighted by atomic mass is 9.80. The summed E-state index contributed by atoms with van der Waals surface area (Å²) in [7, 11) is 1.36. The van der Waals surface area contributed by atoms with Crippen LogP contribution in [0, 0.1) is 5.92 Å². The Hall–Kier alpha value is -2.38. The SMILES string of the molecule is COC(OCCCC(=O)O)C(O)C(OI)C(O)C(C)COC(c1ccccc1)(c1ccccc1)c1ccccc1. The van der Waals surface area contributed by atoms with Crippen LogP contribution in [0.1, 0.15) is 36.5 Å². The van der Waals surface area contributed by atoms with Gasteiger partial charge in [-0.1, -0.05) is 97.9 Å². The predicted octanol–water partition coefficient (Wildman–Crippen LogP) is 4.94. The maximum atomic E-state index is 11.3. The number of rotatable bonds is 17. The van der Waals surface area contributed by atoms with Gasteiger partial charge in [-0.2, -0.15) is 0 Å². The van der Waals surface area contributed by atoms with Gasteiger partial charge in [0, 0.05) is 19.4 Å². The van der Waals surface area contributed by atoms with E-state index in [9.17, 15) is 15.0 Å². The van der Waals surface area contributed by atoms with E-state index in [2.05, 4.69) is 0 Å². The first-order valence-electron chi connectivity index (χ1n) is 13.1. The van der Waals surface area contributed by atoms with E-state index in [0.29, 0.717) is 0 Å². The molecule has 0 aromatic heterocycles. The summed E-state index contributed by atoms with van der Waals surface area (Å²) in [5, 5.41) is 31.1. The topological polar surface area (TPSA) is 115 Å². The van der Waals surface area contributed by atoms with E-state index in [0.717, 1.165) is 16.7 Å². The Morgan fingerprint density at radius 1 is 0.850 bits per heavy atom. The molecule has 5 unspecified atom stereocenters.